The molecule has 1 unspecified atom stereocenters. The van der Waals surface area contributed by atoms with Crippen LogP contribution >= 0.6 is 22.7 Å². The SMILES string of the molecule is CCN1CCN(C(=O)C2CCc3c(sc4ncnc(Nc5ccc6[nH]c(=O)sc6c5)c34)C2)CC1. The Labute approximate surface area is 204 Å². The van der Waals surface area contributed by atoms with Gasteiger partial charge in [-0.05, 0) is 49.6 Å². The lowest BCUT2D eigenvalue weighted by Gasteiger charge is -2.36. The lowest BCUT2D eigenvalue weighted by Crippen LogP contribution is -2.50. The third-order valence-corrected chi connectivity index (χ3v) is 9.02. The van der Waals surface area contributed by atoms with Gasteiger partial charge in [-0.15, -0.1) is 11.3 Å². The van der Waals surface area contributed by atoms with Crippen LogP contribution in [-0.4, -0.2) is 63.4 Å². The van der Waals surface area contributed by atoms with E-state index in [1.54, 1.807) is 17.7 Å². The number of carbonyl (C=O) groups excluding carboxylic acids is 1. The monoisotopic (exact) mass is 494 g/mol. The van der Waals surface area contributed by atoms with Crippen LogP contribution in [0.3, 0.4) is 0 Å². The van der Waals surface area contributed by atoms with Crippen molar-refractivity contribution in [2.24, 2.45) is 5.92 Å². The molecule has 0 bridgehead atoms. The molecule has 0 saturated carbocycles. The molecule has 8 nitrogen and oxygen atoms in total. The minimum Gasteiger partial charge on any atom is -0.340 e. The number of nitrogens with zero attached hydrogens (tertiary/aromatic N) is 4. The van der Waals surface area contributed by atoms with Crippen LogP contribution in [0.15, 0.2) is 29.3 Å². The van der Waals surface area contributed by atoms with Crippen LogP contribution in [0.1, 0.15) is 23.8 Å². The number of rotatable bonds is 4. The minimum absolute atomic E-state index is 0.0527. The smallest absolute Gasteiger partial charge is 0.305 e. The van der Waals surface area contributed by atoms with Gasteiger partial charge < -0.3 is 20.1 Å². The number of carbonyl (C=O) groups is 1. The molecule has 4 aromatic rings. The normalized spacial score (nSPS) is 19.0. The van der Waals surface area contributed by atoms with Crippen molar-refractivity contribution in [3.8, 4) is 0 Å². The second-order valence-corrected chi connectivity index (χ2v) is 11.1. The van der Waals surface area contributed by atoms with E-state index >= 15 is 0 Å². The van der Waals surface area contributed by atoms with Gasteiger partial charge in [0.25, 0.3) is 0 Å². The zero-order chi connectivity index (χ0) is 23.2. The molecule has 1 atom stereocenters. The lowest BCUT2D eigenvalue weighted by molar-refractivity contribution is -0.137. The summed E-state index contributed by atoms with van der Waals surface area (Å²) in [4.78, 5) is 43.4. The predicted octanol–water partition coefficient (Wildman–Crippen LogP) is 3.61. The van der Waals surface area contributed by atoms with Crippen molar-refractivity contribution in [3.05, 3.63) is 44.6 Å². The fraction of sp³-hybridized carbons (Fsp3) is 0.417. The highest BCUT2D eigenvalue weighted by Gasteiger charge is 2.32. The number of thiazole rings is 1. The molecule has 2 N–H and O–H groups in total. The number of H-pyrrole nitrogens is 1. The molecule has 10 heteroatoms. The number of aromatic amines is 1. The minimum atomic E-state index is -0.0557. The first-order chi connectivity index (χ1) is 16.6. The van der Waals surface area contributed by atoms with Crippen LogP contribution in [0.5, 0.6) is 0 Å². The second kappa shape index (κ2) is 8.75. The number of hydrogen-bond donors (Lipinski definition) is 2. The van der Waals surface area contributed by atoms with Crippen LogP contribution in [0.4, 0.5) is 11.5 Å². The Hall–Kier alpha value is -2.82. The summed E-state index contributed by atoms with van der Waals surface area (Å²) in [5, 5.41) is 4.51. The first-order valence-corrected chi connectivity index (χ1v) is 13.4. The molecular formula is C24H26N6O2S2. The summed E-state index contributed by atoms with van der Waals surface area (Å²) in [5.74, 6) is 1.14. The van der Waals surface area contributed by atoms with Crippen LogP contribution in [0.2, 0.25) is 0 Å². The summed E-state index contributed by atoms with van der Waals surface area (Å²) >= 11 is 2.89. The standard InChI is InChI=1S/C24H26N6O2S2/c1-2-29-7-9-30(10-8-29)23(31)14-3-5-16-18(11-14)33-22-20(16)21(25-13-26-22)27-15-4-6-17-19(12-15)34-24(32)28-17/h4,6,12-14H,2-3,5,7-11H2,1H3,(H,28,32)(H,25,26,27). The van der Waals surface area contributed by atoms with Gasteiger partial charge in [-0.25, -0.2) is 9.97 Å². The number of likely N-dealkylation sites (N-methyl/N-ethyl adjacent to an activating group) is 1. The second-order valence-electron chi connectivity index (χ2n) is 8.96. The summed E-state index contributed by atoms with van der Waals surface area (Å²) < 4.78 is 0.911. The van der Waals surface area contributed by atoms with E-state index in [4.69, 9.17) is 0 Å². The number of benzene rings is 1. The number of piperazine rings is 1. The molecule has 4 heterocycles. The van der Waals surface area contributed by atoms with Gasteiger partial charge in [0.2, 0.25) is 5.91 Å². The van der Waals surface area contributed by atoms with Gasteiger partial charge in [0, 0.05) is 42.7 Å². The summed E-state index contributed by atoms with van der Waals surface area (Å²) in [6.07, 6.45) is 4.10. The Morgan fingerprint density at radius 3 is 2.88 bits per heavy atom. The molecule has 34 heavy (non-hydrogen) atoms. The van der Waals surface area contributed by atoms with Crippen LogP contribution in [-0.2, 0) is 17.6 Å². The van der Waals surface area contributed by atoms with Gasteiger partial charge in [-0.2, -0.15) is 0 Å². The van der Waals surface area contributed by atoms with E-state index in [1.807, 2.05) is 18.2 Å². The number of thiophene rings is 1. The predicted molar refractivity (Wildman–Crippen MR) is 137 cm³/mol. The highest BCUT2D eigenvalue weighted by molar-refractivity contribution is 7.19. The number of aryl methyl sites for hydroxylation is 1. The summed E-state index contributed by atoms with van der Waals surface area (Å²) in [6.45, 7) is 6.84. The van der Waals surface area contributed by atoms with Gasteiger partial charge in [-0.1, -0.05) is 18.3 Å². The summed E-state index contributed by atoms with van der Waals surface area (Å²) in [6, 6.07) is 5.83. The molecule has 6 rings (SSSR count). The largest absolute Gasteiger partial charge is 0.340 e. The first kappa shape index (κ1) is 21.7. The molecule has 1 aliphatic carbocycles. The van der Waals surface area contributed by atoms with Gasteiger partial charge in [0.05, 0.1) is 15.6 Å². The van der Waals surface area contributed by atoms with Crippen molar-refractivity contribution in [3.63, 3.8) is 0 Å². The fourth-order valence-electron chi connectivity index (χ4n) is 5.12. The molecule has 176 valence electrons. The van der Waals surface area contributed by atoms with Crippen molar-refractivity contribution in [2.45, 2.75) is 26.2 Å². The van der Waals surface area contributed by atoms with E-state index < -0.39 is 0 Å². The average molecular weight is 495 g/mol. The van der Waals surface area contributed by atoms with Crippen molar-refractivity contribution >= 4 is 60.5 Å². The molecule has 0 spiro atoms. The number of hydrogen-bond acceptors (Lipinski definition) is 8. The maximum absolute atomic E-state index is 13.2. The molecule has 2 aliphatic rings. The van der Waals surface area contributed by atoms with E-state index in [0.717, 1.165) is 83.9 Å². The lowest BCUT2D eigenvalue weighted by atomic mass is 9.86. The molecular weight excluding hydrogens is 468 g/mol. The zero-order valence-electron chi connectivity index (χ0n) is 19.0. The van der Waals surface area contributed by atoms with Crippen molar-refractivity contribution in [1.29, 1.82) is 0 Å². The van der Waals surface area contributed by atoms with Gasteiger partial charge >= 0.3 is 4.87 Å². The Kier molecular flexibility index (Phi) is 5.59. The third-order valence-electron chi connectivity index (χ3n) is 7.01. The Morgan fingerprint density at radius 2 is 2.06 bits per heavy atom. The van der Waals surface area contributed by atoms with Gasteiger partial charge in [-0.3, -0.25) is 9.59 Å². The van der Waals surface area contributed by atoms with E-state index in [2.05, 4.69) is 37.0 Å². The Morgan fingerprint density at radius 1 is 1.21 bits per heavy atom. The Balaban J connectivity index is 1.25. The average Bonchev–Trinajstić information content (AvgIpc) is 3.42. The number of fused-ring (bicyclic) bond motifs is 4. The van der Waals surface area contributed by atoms with E-state index in [1.165, 1.54) is 21.8 Å². The van der Waals surface area contributed by atoms with Gasteiger partial charge in [0.1, 0.15) is 17.0 Å². The molecule has 1 aliphatic heterocycles. The highest BCUT2D eigenvalue weighted by Crippen LogP contribution is 2.41. The number of amides is 1. The molecule has 0 radical (unpaired) electrons. The number of aromatic nitrogens is 3. The fourth-order valence-corrected chi connectivity index (χ4v) is 7.16. The zero-order valence-corrected chi connectivity index (χ0v) is 20.6. The third kappa shape index (κ3) is 3.89. The number of nitrogens with one attached hydrogen (secondary N) is 2. The van der Waals surface area contributed by atoms with Crippen LogP contribution < -0.4 is 10.2 Å². The Bertz CT molecular complexity index is 1430. The van der Waals surface area contributed by atoms with Crippen molar-refractivity contribution in [2.75, 3.05) is 38.0 Å². The summed E-state index contributed by atoms with van der Waals surface area (Å²) in [5.41, 5.74) is 3.00. The molecule has 1 aromatic carbocycles. The highest BCUT2D eigenvalue weighted by atomic mass is 32.1. The quantitative estimate of drug-likeness (QED) is 0.450. The number of anilines is 2. The van der Waals surface area contributed by atoms with E-state index in [-0.39, 0.29) is 10.8 Å². The topological polar surface area (TPSA) is 94.2 Å². The summed E-state index contributed by atoms with van der Waals surface area (Å²) in [7, 11) is 0. The van der Waals surface area contributed by atoms with Gasteiger partial charge in [0.15, 0.2) is 0 Å². The maximum atomic E-state index is 13.2. The van der Waals surface area contributed by atoms with E-state index in [0.29, 0.717) is 5.91 Å². The molecule has 1 fully saturated rings. The first-order valence-electron chi connectivity index (χ1n) is 11.8. The van der Waals surface area contributed by atoms with Crippen LogP contribution in [0, 0.1) is 5.92 Å². The molecule has 1 saturated heterocycles. The van der Waals surface area contributed by atoms with Crippen molar-refractivity contribution < 1.29 is 4.79 Å². The molecule has 3 aromatic heterocycles. The van der Waals surface area contributed by atoms with Crippen LogP contribution in [0.25, 0.3) is 20.4 Å². The maximum Gasteiger partial charge on any atom is 0.305 e. The van der Waals surface area contributed by atoms with Crippen molar-refractivity contribution in [1.82, 2.24) is 24.8 Å². The molecule has 1 amide bonds. The van der Waals surface area contributed by atoms with E-state index in [9.17, 15) is 9.59 Å².